The average Bonchev–Trinajstić information content (AvgIpc) is 3.18. The molecule has 1 saturated heterocycles. The standard InChI is InChI=1S/C28H33N3O5S2/c1-22-8-7-9-26(20-22)31(37(2,33)34)21-23-10-12-24(13-11-23)28(32)29-25-14-16-27(17-15-25)38(35,36)30-18-5-3-4-6-19-30/h7-17,20H,3-6,18-19,21H2,1-2H3,(H,29,32). The number of nitrogens with zero attached hydrogens (tertiary/aromatic N) is 2. The van der Waals surface area contributed by atoms with Gasteiger partial charge in [0.05, 0.1) is 23.4 Å². The first-order valence-corrected chi connectivity index (χ1v) is 15.9. The number of nitrogens with one attached hydrogen (secondary N) is 1. The maximum Gasteiger partial charge on any atom is 0.255 e. The average molecular weight is 556 g/mol. The van der Waals surface area contributed by atoms with Gasteiger partial charge in [-0.1, -0.05) is 37.1 Å². The number of carbonyl (C=O) groups excluding carboxylic acids is 1. The van der Waals surface area contributed by atoms with Crippen LogP contribution in [0.2, 0.25) is 0 Å². The molecule has 1 fully saturated rings. The van der Waals surface area contributed by atoms with E-state index in [4.69, 9.17) is 0 Å². The lowest BCUT2D eigenvalue weighted by molar-refractivity contribution is 0.102. The molecule has 38 heavy (non-hydrogen) atoms. The molecule has 10 heteroatoms. The number of amides is 1. The minimum Gasteiger partial charge on any atom is -0.322 e. The van der Waals surface area contributed by atoms with Crippen molar-refractivity contribution in [3.63, 3.8) is 0 Å². The fourth-order valence-electron chi connectivity index (χ4n) is 4.46. The van der Waals surface area contributed by atoms with Crippen LogP contribution in [0.15, 0.2) is 77.7 Å². The number of anilines is 2. The van der Waals surface area contributed by atoms with Crippen LogP contribution in [-0.2, 0) is 26.6 Å². The third kappa shape index (κ3) is 6.80. The summed E-state index contributed by atoms with van der Waals surface area (Å²) in [6.07, 6.45) is 4.98. The van der Waals surface area contributed by atoms with Gasteiger partial charge in [0.1, 0.15) is 0 Å². The number of rotatable bonds is 8. The van der Waals surface area contributed by atoms with E-state index in [0.717, 1.165) is 36.8 Å². The summed E-state index contributed by atoms with van der Waals surface area (Å²) in [6, 6.07) is 20.2. The molecule has 202 valence electrons. The second-order valence-electron chi connectivity index (χ2n) is 9.60. The number of aryl methyl sites for hydroxylation is 1. The zero-order valence-electron chi connectivity index (χ0n) is 21.6. The Hall–Kier alpha value is -3.21. The maximum absolute atomic E-state index is 13.0. The van der Waals surface area contributed by atoms with Crippen molar-refractivity contribution < 1.29 is 21.6 Å². The van der Waals surface area contributed by atoms with Gasteiger partial charge in [0.2, 0.25) is 20.0 Å². The number of carbonyl (C=O) groups is 1. The molecule has 1 aliphatic heterocycles. The Labute approximate surface area is 225 Å². The van der Waals surface area contributed by atoms with Gasteiger partial charge in [-0.2, -0.15) is 4.31 Å². The smallest absolute Gasteiger partial charge is 0.255 e. The van der Waals surface area contributed by atoms with Crippen molar-refractivity contribution >= 4 is 37.3 Å². The van der Waals surface area contributed by atoms with Crippen LogP contribution in [0.1, 0.15) is 47.2 Å². The van der Waals surface area contributed by atoms with E-state index >= 15 is 0 Å². The molecular weight excluding hydrogens is 522 g/mol. The minimum atomic E-state index is -3.56. The normalized spacial score (nSPS) is 15.0. The van der Waals surface area contributed by atoms with Gasteiger partial charge in [0, 0.05) is 24.3 Å². The highest BCUT2D eigenvalue weighted by Crippen LogP contribution is 2.24. The Morgan fingerprint density at radius 2 is 1.50 bits per heavy atom. The molecule has 0 radical (unpaired) electrons. The number of hydrogen-bond donors (Lipinski definition) is 1. The summed E-state index contributed by atoms with van der Waals surface area (Å²) in [5.41, 5.74) is 3.15. The van der Waals surface area contributed by atoms with Crippen LogP contribution >= 0.6 is 0 Å². The molecule has 3 aromatic rings. The van der Waals surface area contributed by atoms with E-state index in [1.54, 1.807) is 46.8 Å². The zero-order chi connectivity index (χ0) is 27.3. The van der Waals surface area contributed by atoms with Gasteiger partial charge >= 0.3 is 0 Å². The highest BCUT2D eigenvalue weighted by atomic mass is 32.2. The van der Waals surface area contributed by atoms with E-state index in [9.17, 15) is 21.6 Å². The summed E-state index contributed by atoms with van der Waals surface area (Å²) in [5, 5.41) is 2.79. The predicted octanol–water partition coefficient (Wildman–Crippen LogP) is 4.78. The SMILES string of the molecule is Cc1cccc(N(Cc2ccc(C(=O)Nc3ccc(S(=O)(=O)N4CCCCCC4)cc3)cc2)S(C)(=O)=O)c1. The molecule has 3 aromatic carbocycles. The van der Waals surface area contributed by atoms with Gasteiger partial charge < -0.3 is 5.32 Å². The third-order valence-corrected chi connectivity index (χ3v) is 9.60. The topological polar surface area (TPSA) is 104 Å². The Morgan fingerprint density at radius 3 is 2.08 bits per heavy atom. The Morgan fingerprint density at radius 1 is 0.868 bits per heavy atom. The molecule has 1 N–H and O–H groups in total. The minimum absolute atomic E-state index is 0.136. The van der Waals surface area contributed by atoms with Crippen LogP contribution in [-0.4, -0.2) is 46.4 Å². The maximum atomic E-state index is 13.0. The van der Waals surface area contributed by atoms with Crippen LogP contribution in [0.25, 0.3) is 0 Å². The van der Waals surface area contributed by atoms with Gasteiger partial charge in [-0.25, -0.2) is 16.8 Å². The molecule has 0 unspecified atom stereocenters. The van der Waals surface area contributed by atoms with Crippen LogP contribution < -0.4 is 9.62 Å². The molecule has 0 bridgehead atoms. The molecule has 1 heterocycles. The van der Waals surface area contributed by atoms with E-state index in [1.807, 2.05) is 25.1 Å². The summed E-state index contributed by atoms with van der Waals surface area (Å²) >= 11 is 0. The van der Waals surface area contributed by atoms with Gasteiger partial charge in [-0.05, 0) is 79.4 Å². The van der Waals surface area contributed by atoms with Crippen molar-refractivity contribution in [1.29, 1.82) is 0 Å². The largest absolute Gasteiger partial charge is 0.322 e. The van der Waals surface area contributed by atoms with Crippen molar-refractivity contribution in [2.75, 3.05) is 29.0 Å². The lowest BCUT2D eigenvalue weighted by Crippen LogP contribution is -2.31. The summed E-state index contributed by atoms with van der Waals surface area (Å²) < 4.78 is 53.7. The molecule has 0 atom stereocenters. The van der Waals surface area contributed by atoms with Gasteiger partial charge in [-0.15, -0.1) is 0 Å². The van der Waals surface area contributed by atoms with Gasteiger partial charge in [0.15, 0.2) is 0 Å². The molecule has 1 amide bonds. The van der Waals surface area contributed by atoms with Crippen molar-refractivity contribution in [3.8, 4) is 0 Å². The first-order chi connectivity index (χ1) is 18.0. The molecule has 8 nitrogen and oxygen atoms in total. The molecule has 0 aromatic heterocycles. The Balaban J connectivity index is 1.42. The predicted molar refractivity (Wildman–Crippen MR) is 150 cm³/mol. The summed E-state index contributed by atoms with van der Waals surface area (Å²) in [7, 11) is -7.07. The van der Waals surface area contributed by atoms with E-state index in [0.29, 0.717) is 30.0 Å². The first kappa shape index (κ1) is 27.8. The van der Waals surface area contributed by atoms with Crippen LogP contribution in [0.3, 0.4) is 0 Å². The second-order valence-corrected chi connectivity index (χ2v) is 13.4. The van der Waals surface area contributed by atoms with Crippen LogP contribution in [0.5, 0.6) is 0 Å². The third-order valence-electron chi connectivity index (χ3n) is 6.55. The van der Waals surface area contributed by atoms with Gasteiger partial charge in [0.25, 0.3) is 5.91 Å². The van der Waals surface area contributed by atoms with Crippen molar-refractivity contribution in [3.05, 3.63) is 89.5 Å². The number of sulfonamides is 2. The first-order valence-electron chi connectivity index (χ1n) is 12.6. The van der Waals surface area contributed by atoms with E-state index in [-0.39, 0.29) is 17.3 Å². The molecule has 0 spiro atoms. The lowest BCUT2D eigenvalue weighted by atomic mass is 10.1. The van der Waals surface area contributed by atoms with E-state index in [1.165, 1.54) is 22.7 Å². The second kappa shape index (κ2) is 11.7. The Bertz CT molecular complexity index is 1480. The molecule has 4 rings (SSSR count). The van der Waals surface area contributed by atoms with Crippen molar-refractivity contribution in [2.24, 2.45) is 0 Å². The lowest BCUT2D eigenvalue weighted by Gasteiger charge is -2.23. The monoisotopic (exact) mass is 555 g/mol. The number of benzene rings is 3. The quantitative estimate of drug-likeness (QED) is 0.431. The van der Waals surface area contributed by atoms with Crippen LogP contribution in [0.4, 0.5) is 11.4 Å². The highest BCUT2D eigenvalue weighted by Gasteiger charge is 2.25. The fourth-order valence-corrected chi connectivity index (χ4v) is 6.85. The van der Waals surface area contributed by atoms with E-state index < -0.39 is 20.0 Å². The molecule has 0 saturated carbocycles. The van der Waals surface area contributed by atoms with E-state index in [2.05, 4.69) is 5.32 Å². The molecule has 1 aliphatic rings. The van der Waals surface area contributed by atoms with Crippen LogP contribution in [0, 0.1) is 6.92 Å². The summed E-state index contributed by atoms with van der Waals surface area (Å²) in [6.45, 7) is 3.10. The molecule has 0 aliphatic carbocycles. The summed E-state index contributed by atoms with van der Waals surface area (Å²) in [5.74, 6) is -0.349. The van der Waals surface area contributed by atoms with Gasteiger partial charge in [-0.3, -0.25) is 9.10 Å². The number of hydrogen-bond acceptors (Lipinski definition) is 5. The fraction of sp³-hybridized carbons (Fsp3) is 0.321. The zero-order valence-corrected chi connectivity index (χ0v) is 23.3. The molecular formula is C28H33N3O5S2. The summed E-state index contributed by atoms with van der Waals surface area (Å²) in [4.78, 5) is 13.0. The van der Waals surface area contributed by atoms with Crippen molar-refractivity contribution in [2.45, 2.75) is 44.0 Å². The highest BCUT2D eigenvalue weighted by molar-refractivity contribution is 7.92. The van der Waals surface area contributed by atoms with Crippen molar-refractivity contribution in [1.82, 2.24) is 4.31 Å². The Kier molecular flexibility index (Phi) is 8.54.